The van der Waals surface area contributed by atoms with Crippen LogP contribution >= 0.6 is 0 Å². The number of hydrogen-bond donors (Lipinski definition) is 1. The molecule has 26 heavy (non-hydrogen) atoms. The summed E-state index contributed by atoms with van der Waals surface area (Å²) in [4.78, 5) is 17.1. The number of imidazole rings is 1. The Hall–Kier alpha value is -3.60. The van der Waals surface area contributed by atoms with Crippen LogP contribution in [0.4, 0.5) is 5.69 Å². The van der Waals surface area contributed by atoms with Crippen molar-refractivity contribution < 1.29 is 9.53 Å². The van der Waals surface area contributed by atoms with Crippen molar-refractivity contribution in [3.63, 3.8) is 0 Å². The molecule has 1 aliphatic rings. The van der Waals surface area contributed by atoms with Crippen molar-refractivity contribution in [2.45, 2.75) is 6.61 Å². The Bertz CT molecular complexity index is 1150. The van der Waals surface area contributed by atoms with Gasteiger partial charge in [-0.25, -0.2) is 4.98 Å². The zero-order valence-electron chi connectivity index (χ0n) is 13.8. The smallest absolute Gasteiger partial charge is 0.276 e. The number of anilines is 1. The molecular formula is C21H15N3O2. The Kier molecular flexibility index (Phi) is 3.25. The highest BCUT2D eigenvalue weighted by atomic mass is 16.5. The van der Waals surface area contributed by atoms with E-state index in [1.165, 1.54) is 0 Å². The van der Waals surface area contributed by atoms with E-state index in [-0.39, 0.29) is 5.91 Å². The van der Waals surface area contributed by atoms with Crippen LogP contribution in [0.1, 0.15) is 16.2 Å². The van der Waals surface area contributed by atoms with E-state index in [0.717, 1.165) is 33.6 Å². The number of carbonyl (C=O) groups excluding carboxylic acids is 1. The first-order valence-corrected chi connectivity index (χ1v) is 8.38. The predicted molar refractivity (Wildman–Crippen MR) is 99.8 cm³/mol. The molecule has 2 heterocycles. The van der Waals surface area contributed by atoms with Crippen molar-refractivity contribution in [2.24, 2.45) is 0 Å². The van der Waals surface area contributed by atoms with Crippen LogP contribution in [-0.2, 0) is 6.61 Å². The Morgan fingerprint density at radius 3 is 2.73 bits per heavy atom. The average Bonchev–Trinajstić information content (AvgIpc) is 3.13. The number of benzene rings is 3. The summed E-state index contributed by atoms with van der Waals surface area (Å²) in [6.45, 7) is 0.317. The molecule has 0 spiro atoms. The van der Waals surface area contributed by atoms with Crippen LogP contribution in [0.15, 0.2) is 73.1 Å². The van der Waals surface area contributed by atoms with Gasteiger partial charge in [-0.2, -0.15) is 0 Å². The lowest BCUT2D eigenvalue weighted by Crippen LogP contribution is -2.19. The fraction of sp³-hybridized carbons (Fsp3) is 0.0476. The SMILES string of the molecule is O=C(Nc1ccc2ccccc2c1)c1ncn2c1COc1ccccc1-2. The molecule has 0 radical (unpaired) electrons. The molecule has 4 aromatic rings. The van der Waals surface area contributed by atoms with Crippen LogP contribution in [0.3, 0.4) is 0 Å². The molecule has 0 unspecified atom stereocenters. The monoisotopic (exact) mass is 341 g/mol. The van der Waals surface area contributed by atoms with Crippen LogP contribution in [0.5, 0.6) is 5.75 Å². The molecule has 1 amide bonds. The van der Waals surface area contributed by atoms with Gasteiger partial charge in [0.05, 0.1) is 11.4 Å². The maximum atomic E-state index is 12.8. The van der Waals surface area contributed by atoms with Crippen molar-refractivity contribution >= 4 is 22.4 Å². The highest BCUT2D eigenvalue weighted by molar-refractivity contribution is 6.04. The van der Waals surface area contributed by atoms with Gasteiger partial charge in [0.15, 0.2) is 5.69 Å². The third-order valence-corrected chi connectivity index (χ3v) is 4.58. The molecule has 1 aromatic heterocycles. The number of carbonyl (C=O) groups is 1. The molecular weight excluding hydrogens is 326 g/mol. The first-order valence-electron chi connectivity index (χ1n) is 8.38. The number of nitrogens with zero attached hydrogens (tertiary/aromatic N) is 2. The topological polar surface area (TPSA) is 56.2 Å². The lowest BCUT2D eigenvalue weighted by molar-refractivity contribution is 0.101. The maximum absolute atomic E-state index is 12.8. The van der Waals surface area contributed by atoms with Crippen LogP contribution in [0.2, 0.25) is 0 Å². The first-order chi connectivity index (χ1) is 12.8. The number of amides is 1. The molecule has 5 rings (SSSR count). The Balaban J connectivity index is 1.47. The van der Waals surface area contributed by atoms with Crippen LogP contribution in [0, 0.1) is 0 Å². The summed E-state index contributed by atoms with van der Waals surface area (Å²) >= 11 is 0. The molecule has 0 aliphatic carbocycles. The van der Waals surface area contributed by atoms with Gasteiger partial charge < -0.3 is 10.1 Å². The van der Waals surface area contributed by atoms with E-state index in [2.05, 4.69) is 10.3 Å². The van der Waals surface area contributed by atoms with Gasteiger partial charge in [0.1, 0.15) is 18.7 Å². The summed E-state index contributed by atoms with van der Waals surface area (Å²) in [6.07, 6.45) is 1.67. The van der Waals surface area contributed by atoms with Gasteiger partial charge in [-0.1, -0.05) is 42.5 Å². The quantitative estimate of drug-likeness (QED) is 0.595. The summed E-state index contributed by atoms with van der Waals surface area (Å²) in [5.74, 6) is 0.552. The molecule has 1 aliphatic heterocycles. The van der Waals surface area contributed by atoms with Gasteiger partial charge in [-0.3, -0.25) is 9.36 Å². The van der Waals surface area contributed by atoms with E-state index in [9.17, 15) is 4.79 Å². The molecule has 0 atom stereocenters. The number of rotatable bonds is 2. The zero-order chi connectivity index (χ0) is 17.5. The second-order valence-corrected chi connectivity index (χ2v) is 6.18. The lowest BCUT2D eigenvalue weighted by Gasteiger charge is -2.20. The lowest BCUT2D eigenvalue weighted by atomic mass is 10.1. The van der Waals surface area contributed by atoms with Gasteiger partial charge in [0.2, 0.25) is 0 Å². The molecule has 0 fully saturated rings. The van der Waals surface area contributed by atoms with Gasteiger partial charge in [0, 0.05) is 5.69 Å². The van der Waals surface area contributed by atoms with Crippen molar-refractivity contribution in [2.75, 3.05) is 5.32 Å². The largest absolute Gasteiger partial charge is 0.485 e. The average molecular weight is 341 g/mol. The summed E-state index contributed by atoms with van der Waals surface area (Å²) < 4.78 is 7.68. The molecule has 126 valence electrons. The van der Waals surface area contributed by atoms with Gasteiger partial charge in [-0.15, -0.1) is 0 Å². The normalized spacial score (nSPS) is 12.2. The third-order valence-electron chi connectivity index (χ3n) is 4.58. The maximum Gasteiger partial charge on any atom is 0.276 e. The first kappa shape index (κ1) is 14.7. The van der Waals surface area contributed by atoms with E-state index < -0.39 is 0 Å². The van der Waals surface area contributed by atoms with Gasteiger partial charge >= 0.3 is 0 Å². The molecule has 0 saturated carbocycles. The Morgan fingerprint density at radius 2 is 1.81 bits per heavy atom. The minimum atomic E-state index is -0.239. The minimum Gasteiger partial charge on any atom is -0.485 e. The third kappa shape index (κ3) is 2.33. The second kappa shape index (κ2) is 5.74. The fourth-order valence-electron chi connectivity index (χ4n) is 3.29. The predicted octanol–water partition coefficient (Wildman–Crippen LogP) is 4.17. The van der Waals surface area contributed by atoms with E-state index in [1.807, 2.05) is 71.3 Å². The van der Waals surface area contributed by atoms with E-state index in [0.29, 0.717) is 12.3 Å². The summed E-state index contributed by atoms with van der Waals surface area (Å²) in [5.41, 5.74) is 2.77. The molecule has 0 saturated heterocycles. The number of ether oxygens (including phenoxy) is 1. The van der Waals surface area contributed by atoms with Gasteiger partial charge in [-0.05, 0) is 35.0 Å². The molecule has 5 heteroatoms. The van der Waals surface area contributed by atoms with E-state index in [1.54, 1.807) is 6.33 Å². The minimum absolute atomic E-state index is 0.239. The van der Waals surface area contributed by atoms with Crippen molar-refractivity contribution in [3.05, 3.63) is 84.4 Å². The van der Waals surface area contributed by atoms with E-state index in [4.69, 9.17) is 4.74 Å². The fourth-order valence-corrected chi connectivity index (χ4v) is 3.29. The molecule has 3 aromatic carbocycles. The van der Waals surface area contributed by atoms with Crippen LogP contribution < -0.4 is 10.1 Å². The van der Waals surface area contributed by atoms with Gasteiger partial charge in [0.25, 0.3) is 5.91 Å². The van der Waals surface area contributed by atoms with Crippen molar-refractivity contribution in [1.82, 2.24) is 9.55 Å². The summed E-state index contributed by atoms with van der Waals surface area (Å²) in [5, 5.41) is 5.15. The molecule has 0 bridgehead atoms. The van der Waals surface area contributed by atoms with Crippen LogP contribution in [0.25, 0.3) is 16.5 Å². The summed E-state index contributed by atoms with van der Waals surface area (Å²) in [7, 11) is 0. The number of nitrogens with one attached hydrogen (secondary N) is 1. The summed E-state index contributed by atoms with van der Waals surface area (Å²) in [6, 6.07) is 21.6. The number of hydrogen-bond acceptors (Lipinski definition) is 3. The number of aromatic nitrogens is 2. The number of para-hydroxylation sites is 2. The molecule has 5 nitrogen and oxygen atoms in total. The van der Waals surface area contributed by atoms with Crippen molar-refractivity contribution in [3.8, 4) is 11.4 Å². The molecule has 1 N–H and O–H groups in total. The highest BCUT2D eigenvalue weighted by Crippen LogP contribution is 2.30. The van der Waals surface area contributed by atoms with Crippen molar-refractivity contribution in [1.29, 1.82) is 0 Å². The highest BCUT2D eigenvalue weighted by Gasteiger charge is 2.24. The number of fused-ring (bicyclic) bond motifs is 4. The Labute approximate surface area is 149 Å². The standard InChI is InChI=1S/C21H15N3O2/c25-21(23-16-10-9-14-5-1-2-6-15(14)11-16)20-18-12-26-19-8-4-3-7-17(19)24(18)13-22-20/h1-11,13H,12H2,(H,23,25). The zero-order valence-corrected chi connectivity index (χ0v) is 13.8. The second-order valence-electron chi connectivity index (χ2n) is 6.18. The Morgan fingerprint density at radius 1 is 1.00 bits per heavy atom. The van der Waals surface area contributed by atoms with Crippen LogP contribution in [-0.4, -0.2) is 15.5 Å². The van der Waals surface area contributed by atoms with E-state index >= 15 is 0 Å².